The molecule has 0 N–H and O–H groups in total. The van der Waals surface area contributed by atoms with Crippen LogP contribution in [0.5, 0.6) is 0 Å². The summed E-state index contributed by atoms with van der Waals surface area (Å²) in [7, 11) is 0. The Morgan fingerprint density at radius 1 is 1.40 bits per heavy atom. The Hall–Kier alpha value is -0.270. The molecule has 0 bridgehead atoms. The average Bonchev–Trinajstić information content (AvgIpc) is 2.18. The van der Waals surface area contributed by atoms with Gasteiger partial charge >= 0.3 is 0 Å². The van der Waals surface area contributed by atoms with Gasteiger partial charge in [-0.1, -0.05) is 0 Å². The van der Waals surface area contributed by atoms with Crippen LogP contribution in [0.15, 0.2) is 12.3 Å². The van der Waals surface area contributed by atoms with Gasteiger partial charge in [0.15, 0.2) is 6.29 Å². The fourth-order valence-corrected chi connectivity index (χ4v) is 1.79. The number of rotatable bonds is 5. The monoisotopic (exact) mass is 325 g/mol. The van der Waals surface area contributed by atoms with Gasteiger partial charge in [-0.15, -0.1) is 0 Å². The average molecular weight is 325 g/mol. The van der Waals surface area contributed by atoms with E-state index in [4.69, 9.17) is 9.47 Å². The van der Waals surface area contributed by atoms with Crippen LogP contribution in [-0.2, 0) is 9.47 Å². The van der Waals surface area contributed by atoms with Crippen LogP contribution in [0.2, 0.25) is 0 Å². The van der Waals surface area contributed by atoms with Crippen LogP contribution < -0.4 is 0 Å². The summed E-state index contributed by atoms with van der Waals surface area (Å²) < 4.78 is 24.9. The molecule has 0 aliphatic rings. The van der Waals surface area contributed by atoms with Crippen molar-refractivity contribution in [2.75, 3.05) is 13.2 Å². The maximum atomic E-state index is 13.5. The summed E-state index contributed by atoms with van der Waals surface area (Å²) in [6.07, 6.45) is 0.760. The molecule has 3 nitrogen and oxygen atoms in total. The molecule has 1 aromatic heterocycles. The zero-order valence-electron chi connectivity index (χ0n) is 8.67. The fourth-order valence-electron chi connectivity index (χ4n) is 1.15. The molecule has 1 aromatic rings. The molecule has 0 aliphatic heterocycles. The molecule has 0 unspecified atom stereocenters. The third-order valence-electron chi connectivity index (χ3n) is 1.76. The lowest BCUT2D eigenvalue weighted by Crippen LogP contribution is -2.13. The molecule has 5 heteroatoms. The van der Waals surface area contributed by atoms with E-state index in [9.17, 15) is 4.39 Å². The Morgan fingerprint density at radius 2 is 2.00 bits per heavy atom. The molecule has 0 saturated carbocycles. The molecule has 0 aromatic carbocycles. The van der Waals surface area contributed by atoms with E-state index >= 15 is 0 Å². The van der Waals surface area contributed by atoms with E-state index in [1.54, 1.807) is 6.07 Å². The minimum Gasteiger partial charge on any atom is -0.348 e. The van der Waals surface area contributed by atoms with Gasteiger partial charge in [0.1, 0.15) is 0 Å². The first kappa shape index (κ1) is 12.8. The highest BCUT2D eigenvalue weighted by Crippen LogP contribution is 2.25. The van der Waals surface area contributed by atoms with Crippen molar-refractivity contribution >= 4 is 22.6 Å². The van der Waals surface area contributed by atoms with Gasteiger partial charge in [-0.25, -0.2) is 4.98 Å². The number of aromatic nitrogens is 1. The van der Waals surface area contributed by atoms with Gasteiger partial charge < -0.3 is 9.47 Å². The third-order valence-corrected chi connectivity index (χ3v) is 2.70. The number of hydrogen-bond acceptors (Lipinski definition) is 3. The van der Waals surface area contributed by atoms with Gasteiger partial charge in [-0.05, 0) is 42.5 Å². The zero-order chi connectivity index (χ0) is 11.3. The SMILES string of the molecule is CCOC(OCC)c1c(I)ccnc1F. The van der Waals surface area contributed by atoms with Crippen LogP contribution in [0.25, 0.3) is 0 Å². The highest BCUT2D eigenvalue weighted by molar-refractivity contribution is 14.1. The zero-order valence-corrected chi connectivity index (χ0v) is 10.8. The Bertz CT molecular complexity index is 296. The van der Waals surface area contributed by atoms with E-state index in [0.717, 1.165) is 3.57 Å². The van der Waals surface area contributed by atoms with E-state index in [0.29, 0.717) is 18.8 Å². The Morgan fingerprint density at radius 3 is 2.47 bits per heavy atom. The van der Waals surface area contributed by atoms with Gasteiger partial charge in [-0.3, -0.25) is 0 Å². The Balaban J connectivity index is 2.98. The smallest absolute Gasteiger partial charge is 0.222 e. The lowest BCUT2D eigenvalue weighted by molar-refractivity contribution is -0.142. The van der Waals surface area contributed by atoms with Crippen LogP contribution in [0.3, 0.4) is 0 Å². The first-order valence-corrected chi connectivity index (χ1v) is 5.81. The predicted molar refractivity (Wildman–Crippen MR) is 62.9 cm³/mol. The molecule has 0 amide bonds. The highest BCUT2D eigenvalue weighted by atomic mass is 127. The minimum absolute atomic E-state index is 0.377. The van der Waals surface area contributed by atoms with Crippen molar-refractivity contribution in [3.05, 3.63) is 27.3 Å². The second-order valence-electron chi connectivity index (χ2n) is 2.74. The van der Waals surface area contributed by atoms with Crippen molar-refractivity contribution in [2.45, 2.75) is 20.1 Å². The summed E-state index contributed by atoms with van der Waals surface area (Å²) in [4.78, 5) is 3.59. The van der Waals surface area contributed by atoms with Crippen molar-refractivity contribution in [3.8, 4) is 0 Å². The molecule has 1 rings (SSSR count). The molecule has 0 saturated heterocycles. The van der Waals surface area contributed by atoms with Gasteiger partial charge in [0.2, 0.25) is 5.95 Å². The molecule has 84 valence electrons. The lowest BCUT2D eigenvalue weighted by atomic mass is 10.2. The van der Waals surface area contributed by atoms with Gasteiger partial charge in [0.05, 0.1) is 5.56 Å². The van der Waals surface area contributed by atoms with Crippen LogP contribution in [0.1, 0.15) is 25.7 Å². The molecular formula is C10H13FINO2. The summed E-state index contributed by atoms with van der Waals surface area (Å²) in [5.74, 6) is -0.534. The molecule has 1 heterocycles. The van der Waals surface area contributed by atoms with Crippen molar-refractivity contribution < 1.29 is 13.9 Å². The summed E-state index contributed by atoms with van der Waals surface area (Å²) in [6, 6.07) is 1.73. The molecule has 0 fully saturated rings. The first-order chi connectivity index (χ1) is 7.20. The van der Waals surface area contributed by atoms with Crippen molar-refractivity contribution in [3.63, 3.8) is 0 Å². The van der Waals surface area contributed by atoms with E-state index in [2.05, 4.69) is 4.98 Å². The predicted octanol–water partition coefficient (Wildman–Crippen LogP) is 2.90. The van der Waals surface area contributed by atoms with Crippen LogP contribution in [-0.4, -0.2) is 18.2 Å². The third kappa shape index (κ3) is 3.35. The molecule has 15 heavy (non-hydrogen) atoms. The topological polar surface area (TPSA) is 31.4 Å². The maximum absolute atomic E-state index is 13.5. The highest BCUT2D eigenvalue weighted by Gasteiger charge is 2.20. The molecule has 0 atom stereocenters. The number of hydrogen-bond donors (Lipinski definition) is 0. The molecular weight excluding hydrogens is 312 g/mol. The van der Waals surface area contributed by atoms with Crippen molar-refractivity contribution in [1.29, 1.82) is 0 Å². The summed E-state index contributed by atoms with van der Waals surface area (Å²) >= 11 is 2.04. The van der Waals surface area contributed by atoms with E-state index in [-0.39, 0.29) is 0 Å². The Kier molecular flexibility index (Phi) is 5.41. The molecule has 0 radical (unpaired) electrons. The minimum atomic E-state index is -0.666. The summed E-state index contributed by atoms with van der Waals surface area (Å²) in [6.45, 7) is 4.62. The number of ether oxygens (including phenoxy) is 2. The number of pyridine rings is 1. The standard InChI is InChI=1S/C10H13FINO2/c1-3-14-10(15-4-2)8-7(12)5-6-13-9(8)11/h5-6,10H,3-4H2,1-2H3. The summed E-state index contributed by atoms with van der Waals surface area (Å²) in [5.41, 5.74) is 0.377. The first-order valence-electron chi connectivity index (χ1n) is 4.73. The number of nitrogens with zero attached hydrogens (tertiary/aromatic N) is 1. The maximum Gasteiger partial charge on any atom is 0.222 e. The number of halogens is 2. The lowest BCUT2D eigenvalue weighted by Gasteiger charge is -2.18. The van der Waals surface area contributed by atoms with Gasteiger partial charge in [-0.2, -0.15) is 4.39 Å². The van der Waals surface area contributed by atoms with Crippen molar-refractivity contribution in [2.24, 2.45) is 0 Å². The van der Waals surface area contributed by atoms with Crippen molar-refractivity contribution in [1.82, 2.24) is 4.98 Å². The van der Waals surface area contributed by atoms with Gasteiger partial charge in [0, 0.05) is 23.0 Å². The largest absolute Gasteiger partial charge is 0.348 e. The second-order valence-corrected chi connectivity index (χ2v) is 3.90. The molecule has 0 spiro atoms. The fraction of sp³-hybridized carbons (Fsp3) is 0.500. The normalized spacial score (nSPS) is 11.0. The van der Waals surface area contributed by atoms with Crippen LogP contribution in [0.4, 0.5) is 4.39 Å². The second kappa shape index (κ2) is 6.34. The van der Waals surface area contributed by atoms with Gasteiger partial charge in [0.25, 0.3) is 0 Å². The quantitative estimate of drug-likeness (QED) is 0.474. The van der Waals surface area contributed by atoms with Crippen LogP contribution >= 0.6 is 22.6 Å². The van der Waals surface area contributed by atoms with Crippen LogP contribution in [0, 0.1) is 9.52 Å². The van der Waals surface area contributed by atoms with E-state index < -0.39 is 12.2 Å². The van der Waals surface area contributed by atoms with E-state index in [1.165, 1.54) is 6.20 Å². The molecule has 0 aliphatic carbocycles. The summed E-state index contributed by atoms with van der Waals surface area (Å²) in [5, 5.41) is 0. The van der Waals surface area contributed by atoms with E-state index in [1.807, 2.05) is 36.4 Å². The Labute approximate surface area is 102 Å².